The van der Waals surface area contributed by atoms with Crippen molar-refractivity contribution in [1.82, 2.24) is 9.97 Å². The van der Waals surface area contributed by atoms with Crippen molar-refractivity contribution < 1.29 is 9.47 Å². The fraction of sp³-hybridized carbons (Fsp3) is 0.143. The Hall–Kier alpha value is -1.37. The van der Waals surface area contributed by atoms with Gasteiger partial charge in [0.05, 0.1) is 19.6 Å². The van der Waals surface area contributed by atoms with Crippen LogP contribution in [0.4, 0.5) is 0 Å². The number of methoxy groups -OCH3 is 2. The second kappa shape index (κ2) is 5.79. The van der Waals surface area contributed by atoms with Gasteiger partial charge >= 0.3 is 0 Å². The van der Waals surface area contributed by atoms with Gasteiger partial charge in [0.1, 0.15) is 27.0 Å². The lowest BCUT2D eigenvalue weighted by molar-refractivity contribution is 0.417. The SMILES string of the molecule is COc1ccsc1-c1nc(Cl)c2c(Br)ccc(OC)c2n1. The minimum atomic E-state index is 0.372. The predicted octanol–water partition coefficient (Wildman–Crippen LogP) is 4.79. The highest BCUT2D eigenvalue weighted by molar-refractivity contribution is 9.10. The van der Waals surface area contributed by atoms with Gasteiger partial charge in [-0.1, -0.05) is 11.6 Å². The molecule has 0 fully saturated rings. The second-order valence-electron chi connectivity index (χ2n) is 4.13. The van der Waals surface area contributed by atoms with Crippen molar-refractivity contribution in [2.45, 2.75) is 0 Å². The van der Waals surface area contributed by atoms with Gasteiger partial charge < -0.3 is 9.47 Å². The van der Waals surface area contributed by atoms with Crippen LogP contribution in [0.25, 0.3) is 21.6 Å². The molecule has 0 aliphatic rings. The second-order valence-corrected chi connectivity index (χ2v) is 6.26. The van der Waals surface area contributed by atoms with E-state index in [1.165, 1.54) is 11.3 Å². The first kappa shape index (κ1) is 14.6. The molecule has 0 saturated carbocycles. The highest BCUT2D eigenvalue weighted by Crippen LogP contribution is 2.39. The molecule has 0 aliphatic heterocycles. The molecule has 2 aromatic heterocycles. The smallest absolute Gasteiger partial charge is 0.175 e. The fourth-order valence-corrected chi connectivity index (χ4v) is 3.71. The molecule has 3 rings (SSSR count). The van der Waals surface area contributed by atoms with Crippen molar-refractivity contribution in [1.29, 1.82) is 0 Å². The van der Waals surface area contributed by atoms with Crippen molar-refractivity contribution in [2.24, 2.45) is 0 Å². The van der Waals surface area contributed by atoms with Crippen LogP contribution in [0, 0.1) is 0 Å². The van der Waals surface area contributed by atoms with E-state index in [4.69, 9.17) is 21.1 Å². The van der Waals surface area contributed by atoms with Gasteiger partial charge in [-0.3, -0.25) is 0 Å². The molecular weight excluding hydrogens is 376 g/mol. The molecule has 0 amide bonds. The highest BCUT2D eigenvalue weighted by Gasteiger charge is 2.17. The molecule has 2 heterocycles. The van der Waals surface area contributed by atoms with Crippen molar-refractivity contribution in [3.05, 3.63) is 33.2 Å². The third kappa shape index (κ3) is 2.47. The molecule has 0 radical (unpaired) electrons. The van der Waals surface area contributed by atoms with Crippen LogP contribution >= 0.6 is 38.9 Å². The van der Waals surface area contributed by atoms with Crippen molar-refractivity contribution >= 4 is 49.8 Å². The standard InChI is InChI=1S/C14H10BrClN2O2S/c1-19-8-4-3-7(15)10-11(8)17-14(18-13(10)16)12-9(20-2)5-6-21-12/h3-6H,1-2H3. The van der Waals surface area contributed by atoms with Gasteiger partial charge in [-0.15, -0.1) is 11.3 Å². The van der Waals surface area contributed by atoms with E-state index in [0.717, 1.165) is 20.5 Å². The van der Waals surface area contributed by atoms with Crippen LogP contribution in [-0.4, -0.2) is 24.2 Å². The summed E-state index contributed by atoms with van der Waals surface area (Å²) < 4.78 is 11.5. The van der Waals surface area contributed by atoms with Gasteiger partial charge in [0.25, 0.3) is 0 Å². The van der Waals surface area contributed by atoms with Gasteiger partial charge in [0.2, 0.25) is 0 Å². The first-order valence-electron chi connectivity index (χ1n) is 5.97. The number of rotatable bonds is 3. The average Bonchev–Trinajstić information content (AvgIpc) is 2.95. The molecule has 7 heteroatoms. The molecular formula is C14H10BrClN2O2S. The largest absolute Gasteiger partial charge is 0.495 e. The van der Waals surface area contributed by atoms with E-state index < -0.39 is 0 Å². The Morgan fingerprint density at radius 1 is 1.10 bits per heavy atom. The Labute approximate surface area is 138 Å². The Kier molecular flexibility index (Phi) is 4.01. The van der Waals surface area contributed by atoms with Crippen molar-refractivity contribution in [3.63, 3.8) is 0 Å². The van der Waals surface area contributed by atoms with Gasteiger partial charge in [-0.05, 0) is 39.5 Å². The van der Waals surface area contributed by atoms with E-state index in [2.05, 4.69) is 25.9 Å². The van der Waals surface area contributed by atoms with Crippen LogP contribution in [0.3, 0.4) is 0 Å². The summed E-state index contributed by atoms with van der Waals surface area (Å²) in [5.41, 5.74) is 0.664. The number of fused-ring (bicyclic) bond motifs is 1. The number of ether oxygens (including phenoxy) is 2. The molecule has 3 aromatic rings. The van der Waals surface area contributed by atoms with Crippen LogP contribution in [0.2, 0.25) is 5.15 Å². The van der Waals surface area contributed by atoms with Crippen LogP contribution in [0.5, 0.6) is 11.5 Å². The van der Waals surface area contributed by atoms with Crippen molar-refractivity contribution in [3.8, 4) is 22.2 Å². The zero-order valence-corrected chi connectivity index (χ0v) is 14.3. The Morgan fingerprint density at radius 3 is 2.57 bits per heavy atom. The molecule has 0 unspecified atom stereocenters. The number of thiophene rings is 1. The van der Waals surface area contributed by atoms with E-state index >= 15 is 0 Å². The number of halogens is 2. The maximum absolute atomic E-state index is 6.34. The van der Waals surface area contributed by atoms with Crippen LogP contribution in [-0.2, 0) is 0 Å². The van der Waals surface area contributed by atoms with Crippen molar-refractivity contribution in [2.75, 3.05) is 14.2 Å². The summed E-state index contributed by atoms with van der Waals surface area (Å²) in [5.74, 6) is 1.90. The van der Waals surface area contributed by atoms with Gasteiger partial charge in [0.15, 0.2) is 5.82 Å². The molecule has 0 N–H and O–H groups in total. The molecule has 21 heavy (non-hydrogen) atoms. The summed E-state index contributed by atoms with van der Waals surface area (Å²) in [6.07, 6.45) is 0. The highest BCUT2D eigenvalue weighted by atomic mass is 79.9. The van der Waals surface area contributed by atoms with Gasteiger partial charge in [0, 0.05) is 4.47 Å². The molecule has 0 atom stereocenters. The maximum Gasteiger partial charge on any atom is 0.175 e. The summed E-state index contributed by atoms with van der Waals surface area (Å²) >= 11 is 11.3. The zero-order chi connectivity index (χ0) is 15.0. The van der Waals surface area contributed by atoms with E-state index in [0.29, 0.717) is 22.2 Å². The van der Waals surface area contributed by atoms with E-state index in [1.54, 1.807) is 14.2 Å². The lowest BCUT2D eigenvalue weighted by Gasteiger charge is -2.09. The minimum Gasteiger partial charge on any atom is -0.495 e. The van der Waals surface area contributed by atoms with Gasteiger partial charge in [-0.2, -0.15) is 0 Å². The van der Waals surface area contributed by atoms with Crippen LogP contribution < -0.4 is 9.47 Å². The lowest BCUT2D eigenvalue weighted by Crippen LogP contribution is -1.95. The van der Waals surface area contributed by atoms with Gasteiger partial charge in [-0.25, -0.2) is 9.97 Å². The minimum absolute atomic E-state index is 0.372. The number of benzene rings is 1. The monoisotopic (exact) mass is 384 g/mol. The molecule has 0 bridgehead atoms. The quantitative estimate of drug-likeness (QED) is 0.608. The average molecular weight is 386 g/mol. The molecule has 0 spiro atoms. The molecule has 0 aliphatic carbocycles. The molecule has 4 nitrogen and oxygen atoms in total. The summed E-state index contributed by atoms with van der Waals surface area (Å²) in [6, 6.07) is 5.58. The number of aromatic nitrogens is 2. The third-order valence-electron chi connectivity index (χ3n) is 2.99. The van der Waals surface area contributed by atoms with Crippen LogP contribution in [0.15, 0.2) is 28.1 Å². The van der Waals surface area contributed by atoms with E-state index in [9.17, 15) is 0 Å². The summed E-state index contributed by atoms with van der Waals surface area (Å²) in [4.78, 5) is 9.82. The summed E-state index contributed by atoms with van der Waals surface area (Å²) in [7, 11) is 3.22. The number of nitrogens with zero attached hydrogens (tertiary/aromatic N) is 2. The third-order valence-corrected chi connectivity index (χ3v) is 4.82. The summed E-state index contributed by atoms with van der Waals surface area (Å²) in [6.45, 7) is 0. The predicted molar refractivity (Wildman–Crippen MR) is 88.7 cm³/mol. The molecule has 108 valence electrons. The Morgan fingerprint density at radius 2 is 1.86 bits per heavy atom. The summed E-state index contributed by atoms with van der Waals surface area (Å²) in [5, 5.41) is 3.03. The first-order valence-corrected chi connectivity index (χ1v) is 8.02. The maximum atomic E-state index is 6.34. The zero-order valence-electron chi connectivity index (χ0n) is 11.2. The molecule has 1 aromatic carbocycles. The topological polar surface area (TPSA) is 44.2 Å². The number of hydrogen-bond donors (Lipinski definition) is 0. The Balaban J connectivity index is 2.32. The van der Waals surface area contributed by atoms with E-state index in [-0.39, 0.29) is 0 Å². The van der Waals surface area contributed by atoms with Crippen LogP contribution in [0.1, 0.15) is 0 Å². The Bertz CT molecular complexity index is 822. The van der Waals surface area contributed by atoms with E-state index in [1.807, 2.05) is 23.6 Å². The molecule has 0 saturated heterocycles. The lowest BCUT2D eigenvalue weighted by atomic mass is 10.2. The first-order chi connectivity index (χ1) is 10.2. The normalized spacial score (nSPS) is 10.9. The number of hydrogen-bond acceptors (Lipinski definition) is 5. The fourth-order valence-electron chi connectivity index (χ4n) is 2.02.